The lowest BCUT2D eigenvalue weighted by molar-refractivity contribution is -0.129. The van der Waals surface area contributed by atoms with E-state index in [2.05, 4.69) is 62.9 Å². The van der Waals surface area contributed by atoms with Gasteiger partial charge >= 0.3 is 6.01 Å². The third-order valence-electron chi connectivity index (χ3n) is 11.2. The van der Waals surface area contributed by atoms with E-state index in [9.17, 15) is 4.79 Å². The van der Waals surface area contributed by atoms with Crippen molar-refractivity contribution in [3.8, 4) is 6.01 Å². The van der Waals surface area contributed by atoms with E-state index in [1.807, 2.05) is 0 Å². The van der Waals surface area contributed by atoms with Crippen LogP contribution in [0.4, 0.5) is 11.5 Å². The summed E-state index contributed by atoms with van der Waals surface area (Å²) in [6.45, 7) is 9.67. The van der Waals surface area contributed by atoms with Crippen LogP contribution in [0.3, 0.4) is 0 Å². The highest BCUT2D eigenvalue weighted by Crippen LogP contribution is 2.40. The maximum absolute atomic E-state index is 12.7. The summed E-state index contributed by atoms with van der Waals surface area (Å²) in [5, 5.41) is 2.66. The Labute approximate surface area is 261 Å². The molecule has 0 saturated carbocycles. The van der Waals surface area contributed by atoms with Gasteiger partial charge in [0, 0.05) is 55.3 Å². The van der Waals surface area contributed by atoms with Crippen molar-refractivity contribution in [3.63, 3.8) is 0 Å². The van der Waals surface area contributed by atoms with Crippen molar-refractivity contribution in [1.82, 2.24) is 19.8 Å². The lowest BCUT2D eigenvalue weighted by atomic mass is 9.95. The van der Waals surface area contributed by atoms with Gasteiger partial charge in [0.15, 0.2) is 0 Å². The average Bonchev–Trinajstić information content (AvgIpc) is 3.78. The van der Waals surface area contributed by atoms with Gasteiger partial charge < -0.3 is 19.4 Å². The smallest absolute Gasteiger partial charge is 0.318 e. The molecule has 5 aliphatic heterocycles. The molecular weight excluding hydrogens is 548 g/mol. The quantitative estimate of drug-likeness (QED) is 0.365. The number of hydrogen-bond acceptors (Lipinski definition) is 7. The monoisotopic (exact) mass is 594 g/mol. The summed E-state index contributed by atoms with van der Waals surface area (Å²) in [7, 11) is 0. The van der Waals surface area contributed by atoms with E-state index in [4.69, 9.17) is 14.7 Å². The fraction of sp³-hybridized carbons (Fsp3) is 0.583. The first-order valence-electron chi connectivity index (χ1n) is 17.2. The molecule has 0 bridgehead atoms. The number of ether oxygens (including phenoxy) is 1. The van der Waals surface area contributed by atoms with E-state index >= 15 is 0 Å². The molecule has 1 amide bonds. The Balaban J connectivity index is 1.13. The molecule has 232 valence electrons. The molecule has 0 radical (unpaired) electrons. The molecule has 8 heteroatoms. The molecule has 44 heavy (non-hydrogen) atoms. The SMILES string of the molecule is CCc1cccc2cccc(N3CCc4c(nc(OCC56CCCN5CCC6)nc4N4CCCC(N5CCCC5=O)C4)C3)c12. The average molecular weight is 595 g/mol. The number of hydrogen-bond donors (Lipinski definition) is 0. The van der Waals surface area contributed by atoms with Crippen molar-refractivity contribution < 1.29 is 9.53 Å². The zero-order valence-corrected chi connectivity index (χ0v) is 26.3. The van der Waals surface area contributed by atoms with Crippen LogP contribution in [0.2, 0.25) is 0 Å². The van der Waals surface area contributed by atoms with E-state index in [1.165, 1.54) is 66.4 Å². The van der Waals surface area contributed by atoms with Gasteiger partial charge in [-0.25, -0.2) is 0 Å². The summed E-state index contributed by atoms with van der Waals surface area (Å²) in [6.07, 6.45) is 10.7. The van der Waals surface area contributed by atoms with Crippen LogP contribution in [0.15, 0.2) is 36.4 Å². The standard InChI is InChI=1S/C36H46N6O2/c1-2-26-9-3-10-27-11-4-13-31(33(26)27)39-22-15-29-30(24-39)37-35(44-25-36-16-7-19-41(36)20-8-17-36)38-34(29)40-18-5-12-28(23-40)42-21-6-14-32(42)43/h3-4,9-11,13,28H,2,5-8,12,14-25H2,1H3. The Bertz CT molecular complexity index is 1540. The van der Waals surface area contributed by atoms with Crippen LogP contribution in [0.1, 0.15) is 75.1 Å². The highest BCUT2D eigenvalue weighted by atomic mass is 16.5. The van der Waals surface area contributed by atoms with Crippen molar-refractivity contribution in [1.29, 1.82) is 0 Å². The number of anilines is 2. The summed E-state index contributed by atoms with van der Waals surface area (Å²) in [6, 6.07) is 14.2. The van der Waals surface area contributed by atoms with Crippen LogP contribution >= 0.6 is 0 Å². The van der Waals surface area contributed by atoms with Crippen LogP contribution in [-0.4, -0.2) is 83.1 Å². The number of fused-ring (bicyclic) bond motifs is 3. The lowest BCUT2D eigenvalue weighted by Gasteiger charge is -2.40. The molecule has 5 aliphatic rings. The van der Waals surface area contributed by atoms with Crippen molar-refractivity contribution in [2.75, 3.05) is 55.7 Å². The van der Waals surface area contributed by atoms with Crippen LogP contribution in [0, 0.1) is 0 Å². The van der Waals surface area contributed by atoms with E-state index < -0.39 is 0 Å². The van der Waals surface area contributed by atoms with Crippen LogP contribution in [0.25, 0.3) is 10.8 Å². The number of amides is 1. The van der Waals surface area contributed by atoms with Gasteiger partial charge in [-0.3, -0.25) is 9.69 Å². The lowest BCUT2D eigenvalue weighted by Crippen LogP contribution is -2.49. The molecule has 1 atom stereocenters. The van der Waals surface area contributed by atoms with Crippen molar-refractivity contribution in [2.24, 2.45) is 0 Å². The van der Waals surface area contributed by atoms with Crippen LogP contribution < -0.4 is 14.5 Å². The molecule has 6 heterocycles. The Hall–Kier alpha value is -3.39. The second-order valence-electron chi connectivity index (χ2n) is 13.7. The van der Waals surface area contributed by atoms with Crippen molar-refractivity contribution >= 4 is 28.2 Å². The van der Waals surface area contributed by atoms with E-state index in [0.29, 0.717) is 24.9 Å². The summed E-state index contributed by atoms with van der Waals surface area (Å²) in [5.41, 5.74) is 5.19. The molecule has 4 fully saturated rings. The van der Waals surface area contributed by atoms with E-state index in [-0.39, 0.29) is 11.6 Å². The Kier molecular flexibility index (Phi) is 7.36. The van der Waals surface area contributed by atoms with Gasteiger partial charge in [-0.1, -0.05) is 37.3 Å². The van der Waals surface area contributed by atoms with Gasteiger partial charge in [0.2, 0.25) is 5.91 Å². The molecule has 1 aromatic heterocycles. The Morgan fingerprint density at radius 3 is 2.55 bits per heavy atom. The van der Waals surface area contributed by atoms with Gasteiger partial charge in [-0.15, -0.1) is 0 Å². The first-order valence-corrected chi connectivity index (χ1v) is 17.2. The molecule has 4 saturated heterocycles. The topological polar surface area (TPSA) is 65.0 Å². The molecule has 0 N–H and O–H groups in total. The number of carbonyl (C=O) groups is 1. The second kappa shape index (κ2) is 11.5. The number of aryl methyl sites for hydroxylation is 1. The first-order chi connectivity index (χ1) is 21.6. The second-order valence-corrected chi connectivity index (χ2v) is 13.7. The van der Waals surface area contributed by atoms with Gasteiger partial charge in [-0.2, -0.15) is 9.97 Å². The minimum Gasteiger partial charge on any atom is -0.461 e. The van der Waals surface area contributed by atoms with Crippen molar-refractivity contribution in [2.45, 2.75) is 89.3 Å². The molecule has 8 nitrogen and oxygen atoms in total. The van der Waals surface area contributed by atoms with Gasteiger partial charge in [-0.05, 0) is 87.9 Å². The molecule has 1 unspecified atom stereocenters. The minimum absolute atomic E-state index is 0.150. The molecule has 3 aromatic rings. The number of carbonyl (C=O) groups excluding carboxylic acids is 1. The van der Waals surface area contributed by atoms with Gasteiger partial charge in [0.1, 0.15) is 12.4 Å². The number of nitrogens with zero attached hydrogens (tertiary/aromatic N) is 6. The fourth-order valence-corrected chi connectivity index (χ4v) is 8.99. The zero-order chi connectivity index (χ0) is 29.7. The van der Waals surface area contributed by atoms with Crippen molar-refractivity contribution in [3.05, 3.63) is 53.2 Å². The largest absolute Gasteiger partial charge is 0.461 e. The summed E-state index contributed by atoms with van der Waals surface area (Å²) in [5.74, 6) is 1.36. The number of piperidine rings is 1. The summed E-state index contributed by atoms with van der Waals surface area (Å²) < 4.78 is 6.61. The molecule has 2 aromatic carbocycles. The molecule has 0 spiro atoms. The van der Waals surface area contributed by atoms with E-state index in [1.54, 1.807) is 0 Å². The zero-order valence-electron chi connectivity index (χ0n) is 26.3. The summed E-state index contributed by atoms with van der Waals surface area (Å²) in [4.78, 5) is 32.8. The third kappa shape index (κ3) is 4.90. The highest BCUT2D eigenvalue weighted by molar-refractivity contribution is 5.97. The number of likely N-dealkylation sites (tertiary alicyclic amines) is 1. The number of benzene rings is 2. The third-order valence-corrected chi connectivity index (χ3v) is 11.2. The molecule has 8 rings (SSSR count). The predicted molar refractivity (Wildman–Crippen MR) is 175 cm³/mol. The number of rotatable bonds is 7. The highest BCUT2D eigenvalue weighted by Gasteiger charge is 2.45. The fourth-order valence-electron chi connectivity index (χ4n) is 8.99. The number of aromatic nitrogens is 2. The maximum Gasteiger partial charge on any atom is 0.318 e. The Morgan fingerprint density at radius 1 is 0.909 bits per heavy atom. The molecular formula is C36H46N6O2. The van der Waals surface area contributed by atoms with Crippen LogP contribution in [0.5, 0.6) is 6.01 Å². The molecule has 0 aliphatic carbocycles. The predicted octanol–water partition coefficient (Wildman–Crippen LogP) is 5.35. The Morgan fingerprint density at radius 2 is 1.75 bits per heavy atom. The minimum atomic E-state index is 0.150. The van der Waals surface area contributed by atoms with Crippen LogP contribution in [-0.2, 0) is 24.2 Å². The summed E-state index contributed by atoms with van der Waals surface area (Å²) >= 11 is 0. The first kappa shape index (κ1) is 28.1. The van der Waals surface area contributed by atoms with Gasteiger partial charge in [0.05, 0.1) is 17.8 Å². The van der Waals surface area contributed by atoms with Gasteiger partial charge in [0.25, 0.3) is 0 Å². The maximum atomic E-state index is 12.7. The normalized spacial score (nSPS) is 23.4. The van der Waals surface area contributed by atoms with E-state index in [0.717, 1.165) is 76.3 Å².